The van der Waals surface area contributed by atoms with E-state index in [1.807, 2.05) is 20.8 Å². The summed E-state index contributed by atoms with van der Waals surface area (Å²) in [4.78, 5) is 42.5. The zero-order chi connectivity index (χ0) is 30.4. The summed E-state index contributed by atoms with van der Waals surface area (Å²) in [5.74, 6) is -2.61. The van der Waals surface area contributed by atoms with Crippen molar-refractivity contribution < 1.29 is 33.0 Å². The molecule has 0 aliphatic heterocycles. The molecule has 0 fully saturated rings. The fourth-order valence-corrected chi connectivity index (χ4v) is 5.64. The van der Waals surface area contributed by atoms with Crippen LogP contribution in [0.1, 0.15) is 56.0 Å². The number of aliphatic hydroxyl groups is 2. The highest BCUT2D eigenvalue weighted by Gasteiger charge is 2.34. The van der Waals surface area contributed by atoms with Crippen molar-refractivity contribution >= 4 is 27.6 Å². The monoisotopic (exact) mass is 590 g/mol. The van der Waals surface area contributed by atoms with E-state index in [1.54, 1.807) is 30.3 Å². The minimum Gasteiger partial charge on any atom is -0.390 e. The number of aromatic nitrogens is 1. The summed E-state index contributed by atoms with van der Waals surface area (Å²) in [5, 5.41) is 29.5. The smallest absolute Gasteiger partial charge is 0.253 e. The SMILES string of the molecule is CCCCS(=O)(=O)CC(NC(=O)c1cccnc1)C(=O)NC(Cc1ccccc1)C(O)C(O)CC(=O)NCC(C)C. The standard InChI is InChI=1S/C29H42N4O7S/c1-4-5-14-41(39,40)19-24(33-28(37)22-12-9-13-30-18-22)29(38)32-23(15-21-10-7-6-8-11-21)27(36)25(34)16-26(35)31-17-20(2)3/h6-13,18,20,23-25,27,34,36H,4-5,14-17,19H2,1-3H3,(H,31,35)(H,32,38)(H,33,37). The van der Waals surface area contributed by atoms with Gasteiger partial charge in [-0.05, 0) is 36.5 Å². The van der Waals surface area contributed by atoms with Gasteiger partial charge < -0.3 is 26.2 Å². The number of pyridine rings is 1. The predicted octanol–water partition coefficient (Wildman–Crippen LogP) is 1.01. The number of hydrogen-bond donors (Lipinski definition) is 5. The topological polar surface area (TPSA) is 175 Å². The van der Waals surface area contributed by atoms with E-state index in [9.17, 15) is 33.0 Å². The van der Waals surface area contributed by atoms with E-state index < -0.39 is 64.0 Å². The van der Waals surface area contributed by atoms with Crippen LogP contribution >= 0.6 is 0 Å². The van der Waals surface area contributed by atoms with Gasteiger partial charge in [-0.25, -0.2) is 8.42 Å². The zero-order valence-electron chi connectivity index (χ0n) is 23.8. The average molecular weight is 591 g/mol. The molecule has 3 amide bonds. The lowest BCUT2D eigenvalue weighted by Gasteiger charge is -2.29. The Morgan fingerprint density at radius 1 is 1.00 bits per heavy atom. The van der Waals surface area contributed by atoms with Crippen LogP contribution < -0.4 is 16.0 Å². The first-order valence-electron chi connectivity index (χ1n) is 13.8. The summed E-state index contributed by atoms with van der Waals surface area (Å²) in [6, 6.07) is 9.30. The molecule has 4 unspecified atom stereocenters. The molecule has 12 heteroatoms. The lowest BCUT2D eigenvalue weighted by Crippen LogP contribution is -2.57. The molecule has 0 aliphatic carbocycles. The summed E-state index contributed by atoms with van der Waals surface area (Å²) < 4.78 is 25.6. The Hall–Kier alpha value is -3.35. The fraction of sp³-hybridized carbons (Fsp3) is 0.517. The molecule has 11 nitrogen and oxygen atoms in total. The molecule has 1 aromatic heterocycles. The Balaban J connectivity index is 2.29. The molecule has 0 aliphatic rings. The molecular formula is C29H42N4O7S. The van der Waals surface area contributed by atoms with Crippen LogP contribution in [0.25, 0.3) is 0 Å². The molecule has 0 spiro atoms. The fourth-order valence-electron chi connectivity index (χ4n) is 4.00. The Morgan fingerprint density at radius 2 is 1.71 bits per heavy atom. The maximum Gasteiger partial charge on any atom is 0.253 e. The first-order valence-corrected chi connectivity index (χ1v) is 15.6. The largest absolute Gasteiger partial charge is 0.390 e. The van der Waals surface area contributed by atoms with Crippen LogP contribution in [0.5, 0.6) is 0 Å². The molecule has 41 heavy (non-hydrogen) atoms. The minimum absolute atomic E-state index is 0.0737. The van der Waals surface area contributed by atoms with Crippen molar-refractivity contribution in [2.24, 2.45) is 5.92 Å². The van der Waals surface area contributed by atoms with Gasteiger partial charge in [0, 0.05) is 18.9 Å². The highest BCUT2D eigenvalue weighted by molar-refractivity contribution is 7.91. The highest BCUT2D eigenvalue weighted by atomic mass is 32.2. The van der Waals surface area contributed by atoms with Gasteiger partial charge in [-0.15, -0.1) is 0 Å². The predicted molar refractivity (Wildman–Crippen MR) is 156 cm³/mol. The van der Waals surface area contributed by atoms with Gasteiger partial charge >= 0.3 is 0 Å². The number of hydrogen-bond acceptors (Lipinski definition) is 8. The van der Waals surface area contributed by atoms with Crippen molar-refractivity contribution in [2.45, 2.75) is 70.7 Å². The van der Waals surface area contributed by atoms with Crippen LogP contribution in [-0.4, -0.2) is 83.7 Å². The molecule has 0 saturated heterocycles. The number of nitrogens with zero attached hydrogens (tertiary/aromatic N) is 1. The van der Waals surface area contributed by atoms with Gasteiger partial charge in [-0.1, -0.05) is 57.5 Å². The first-order chi connectivity index (χ1) is 19.4. The molecule has 1 aromatic carbocycles. The molecule has 0 radical (unpaired) electrons. The second-order valence-electron chi connectivity index (χ2n) is 10.5. The van der Waals surface area contributed by atoms with Gasteiger partial charge in [0.05, 0.1) is 35.6 Å². The molecule has 2 rings (SSSR count). The Labute approximate surface area is 242 Å². The number of carbonyl (C=O) groups excluding carboxylic acids is 3. The Bertz CT molecular complexity index is 1210. The molecule has 4 atom stereocenters. The third-order valence-electron chi connectivity index (χ3n) is 6.31. The molecule has 1 heterocycles. The second-order valence-corrected chi connectivity index (χ2v) is 12.7. The van der Waals surface area contributed by atoms with Gasteiger partial charge in [0.25, 0.3) is 5.91 Å². The molecule has 5 N–H and O–H groups in total. The van der Waals surface area contributed by atoms with Gasteiger partial charge in [0.1, 0.15) is 12.1 Å². The van der Waals surface area contributed by atoms with Gasteiger partial charge in [0.15, 0.2) is 9.84 Å². The molecule has 0 bridgehead atoms. The van der Waals surface area contributed by atoms with E-state index >= 15 is 0 Å². The van der Waals surface area contributed by atoms with E-state index in [2.05, 4.69) is 20.9 Å². The third kappa shape index (κ3) is 12.4. The van der Waals surface area contributed by atoms with Crippen molar-refractivity contribution in [3.63, 3.8) is 0 Å². The number of aliphatic hydroxyl groups excluding tert-OH is 2. The quantitative estimate of drug-likeness (QED) is 0.181. The molecule has 2 aromatic rings. The molecule has 0 saturated carbocycles. The van der Waals surface area contributed by atoms with Crippen LogP contribution in [0.15, 0.2) is 54.9 Å². The van der Waals surface area contributed by atoms with Crippen molar-refractivity contribution in [2.75, 3.05) is 18.1 Å². The normalized spacial score (nSPS) is 14.5. The first kappa shape index (κ1) is 33.9. The van der Waals surface area contributed by atoms with Gasteiger partial charge in [-0.3, -0.25) is 19.4 Å². The summed E-state index contributed by atoms with van der Waals surface area (Å²) in [6.45, 7) is 6.08. The summed E-state index contributed by atoms with van der Waals surface area (Å²) >= 11 is 0. The number of rotatable bonds is 17. The zero-order valence-corrected chi connectivity index (χ0v) is 24.6. The third-order valence-corrected chi connectivity index (χ3v) is 8.06. The van der Waals surface area contributed by atoms with Gasteiger partial charge in [0.2, 0.25) is 11.8 Å². The maximum atomic E-state index is 13.5. The summed E-state index contributed by atoms with van der Waals surface area (Å²) in [5.41, 5.74) is 0.861. The Kier molecular flexibility index (Phi) is 13.9. The van der Waals surface area contributed by atoms with Crippen LogP contribution in [0, 0.1) is 5.92 Å². The van der Waals surface area contributed by atoms with Crippen LogP contribution in [-0.2, 0) is 25.8 Å². The number of amides is 3. The van der Waals surface area contributed by atoms with Crippen molar-refractivity contribution in [1.82, 2.24) is 20.9 Å². The van der Waals surface area contributed by atoms with Crippen LogP contribution in [0.2, 0.25) is 0 Å². The molecule has 226 valence electrons. The van der Waals surface area contributed by atoms with E-state index in [1.165, 1.54) is 24.5 Å². The minimum atomic E-state index is -3.73. The number of nitrogens with one attached hydrogen (secondary N) is 3. The van der Waals surface area contributed by atoms with Crippen LogP contribution in [0.4, 0.5) is 0 Å². The van der Waals surface area contributed by atoms with Crippen molar-refractivity contribution in [3.05, 3.63) is 66.0 Å². The van der Waals surface area contributed by atoms with Crippen LogP contribution in [0.3, 0.4) is 0 Å². The van der Waals surface area contributed by atoms with E-state index in [0.717, 1.165) is 5.56 Å². The van der Waals surface area contributed by atoms with Crippen molar-refractivity contribution in [3.8, 4) is 0 Å². The second kappa shape index (κ2) is 16.8. The average Bonchev–Trinajstić information content (AvgIpc) is 2.94. The lowest BCUT2D eigenvalue weighted by atomic mass is 9.95. The van der Waals surface area contributed by atoms with E-state index in [-0.39, 0.29) is 23.7 Å². The van der Waals surface area contributed by atoms with Gasteiger partial charge in [-0.2, -0.15) is 0 Å². The van der Waals surface area contributed by atoms with Crippen molar-refractivity contribution in [1.29, 1.82) is 0 Å². The molecular weight excluding hydrogens is 548 g/mol. The number of unbranched alkanes of at least 4 members (excludes halogenated alkanes) is 1. The number of carbonyl (C=O) groups is 3. The number of sulfone groups is 1. The summed E-state index contributed by atoms with van der Waals surface area (Å²) in [6.07, 6.45) is 0.368. The van der Waals surface area contributed by atoms with E-state index in [0.29, 0.717) is 19.4 Å². The highest BCUT2D eigenvalue weighted by Crippen LogP contribution is 2.13. The summed E-state index contributed by atoms with van der Waals surface area (Å²) in [7, 11) is -3.73. The maximum absolute atomic E-state index is 13.5. The van der Waals surface area contributed by atoms with E-state index in [4.69, 9.17) is 0 Å². The Morgan fingerprint density at radius 3 is 2.32 bits per heavy atom. The lowest BCUT2D eigenvalue weighted by molar-refractivity contribution is -0.127. The number of benzene rings is 1.